The fourth-order valence-electron chi connectivity index (χ4n) is 0.889. The summed E-state index contributed by atoms with van der Waals surface area (Å²) in [4.78, 5) is 2.25. The van der Waals surface area contributed by atoms with E-state index in [1.54, 1.807) is 0 Å². The average Bonchev–Trinajstić information content (AvgIpc) is 2.03. The normalized spacial score (nSPS) is 9.45. The first kappa shape index (κ1) is 10.5. The van der Waals surface area contributed by atoms with Crippen LogP contribution < -0.4 is 0 Å². The lowest BCUT2D eigenvalue weighted by molar-refractivity contribution is 0.323. The molecule has 1 N–H and O–H groups in total. The fourth-order valence-corrected chi connectivity index (χ4v) is 0.889. The predicted molar refractivity (Wildman–Crippen MR) is 47.3 cm³/mol. The van der Waals surface area contributed by atoms with Crippen LogP contribution in [0.25, 0.3) is 0 Å². The van der Waals surface area contributed by atoms with Gasteiger partial charge < -0.3 is 5.11 Å². The zero-order valence-electron chi connectivity index (χ0n) is 7.43. The molecule has 64 valence electrons. The van der Waals surface area contributed by atoms with Crippen LogP contribution in [0.1, 0.15) is 20.3 Å². The maximum absolute atomic E-state index is 8.39. The highest BCUT2D eigenvalue weighted by Crippen LogP contribution is 1.88. The first-order valence-electron chi connectivity index (χ1n) is 4.14. The van der Waals surface area contributed by atoms with Gasteiger partial charge in [-0.3, -0.25) is 4.90 Å². The quantitative estimate of drug-likeness (QED) is 0.604. The molecule has 2 nitrogen and oxygen atoms in total. The van der Waals surface area contributed by atoms with Crippen molar-refractivity contribution < 1.29 is 5.11 Å². The minimum atomic E-state index is -0.0241. The van der Waals surface area contributed by atoms with Crippen LogP contribution in [-0.2, 0) is 0 Å². The maximum Gasteiger partial charge on any atom is 0.104 e. The van der Waals surface area contributed by atoms with Crippen LogP contribution >= 0.6 is 0 Å². The van der Waals surface area contributed by atoms with Gasteiger partial charge in [-0.05, 0) is 19.5 Å². The van der Waals surface area contributed by atoms with Crippen molar-refractivity contribution >= 4 is 0 Å². The van der Waals surface area contributed by atoms with Gasteiger partial charge in [0.2, 0.25) is 0 Å². The van der Waals surface area contributed by atoms with Gasteiger partial charge in [0.15, 0.2) is 0 Å². The van der Waals surface area contributed by atoms with Gasteiger partial charge in [-0.1, -0.05) is 25.7 Å². The molecule has 0 heterocycles. The molecule has 0 bridgehead atoms. The van der Waals surface area contributed by atoms with Gasteiger partial charge in [0, 0.05) is 0 Å². The van der Waals surface area contributed by atoms with Crippen LogP contribution in [0, 0.1) is 11.8 Å². The summed E-state index contributed by atoms with van der Waals surface area (Å²) in [7, 11) is 0. The molecule has 0 rings (SSSR count). The second-order valence-corrected chi connectivity index (χ2v) is 2.38. The van der Waals surface area contributed by atoms with Crippen LogP contribution in [-0.4, -0.2) is 36.2 Å². The molecule has 11 heavy (non-hydrogen) atoms. The Morgan fingerprint density at radius 1 is 1.27 bits per heavy atom. The maximum atomic E-state index is 8.39. The van der Waals surface area contributed by atoms with E-state index in [1.807, 2.05) is 0 Å². The molecule has 0 aliphatic heterocycles. The van der Waals surface area contributed by atoms with Gasteiger partial charge in [-0.25, -0.2) is 0 Å². The summed E-state index contributed by atoms with van der Waals surface area (Å²) in [5, 5.41) is 8.39. The molecule has 0 aromatic heterocycles. The zero-order valence-corrected chi connectivity index (χ0v) is 7.43. The topological polar surface area (TPSA) is 23.5 Å². The highest BCUT2D eigenvalue weighted by Gasteiger charge is 1.95. The van der Waals surface area contributed by atoms with Crippen molar-refractivity contribution in [1.82, 2.24) is 4.90 Å². The number of aliphatic hydroxyl groups excluding tert-OH is 1. The Labute approximate surface area is 69.2 Å². The fraction of sp³-hybridized carbons (Fsp3) is 0.778. The smallest absolute Gasteiger partial charge is 0.104 e. The number of hydrogen-bond acceptors (Lipinski definition) is 2. The molecule has 0 saturated heterocycles. The van der Waals surface area contributed by atoms with E-state index in [9.17, 15) is 0 Å². The van der Waals surface area contributed by atoms with Crippen molar-refractivity contribution in [3.8, 4) is 11.8 Å². The standard InChI is InChI=1S/C9H17NO/c1-3-7-10(4-2)8-5-6-9-11/h11H,3-4,7-9H2,1-2H3. The van der Waals surface area contributed by atoms with Crippen LogP contribution in [0.5, 0.6) is 0 Å². The van der Waals surface area contributed by atoms with Crippen LogP contribution in [0.2, 0.25) is 0 Å². The van der Waals surface area contributed by atoms with Crippen molar-refractivity contribution in [2.45, 2.75) is 20.3 Å². The molecule has 0 aliphatic carbocycles. The minimum absolute atomic E-state index is 0.0241. The lowest BCUT2D eigenvalue weighted by Crippen LogP contribution is -2.24. The molecule has 0 fully saturated rings. The molecule has 0 saturated carbocycles. The first-order chi connectivity index (χ1) is 5.35. The van der Waals surface area contributed by atoms with E-state index in [1.165, 1.54) is 0 Å². The van der Waals surface area contributed by atoms with E-state index in [2.05, 4.69) is 30.6 Å². The van der Waals surface area contributed by atoms with Crippen molar-refractivity contribution in [3.63, 3.8) is 0 Å². The molecule has 0 amide bonds. The van der Waals surface area contributed by atoms with E-state index in [-0.39, 0.29) is 6.61 Å². The van der Waals surface area contributed by atoms with E-state index in [0.717, 1.165) is 26.1 Å². The Morgan fingerprint density at radius 2 is 2.00 bits per heavy atom. The zero-order chi connectivity index (χ0) is 8.53. The van der Waals surface area contributed by atoms with Crippen molar-refractivity contribution in [2.24, 2.45) is 0 Å². The predicted octanol–water partition coefficient (Wildman–Crippen LogP) is 0.714. The molecule has 0 unspecified atom stereocenters. The van der Waals surface area contributed by atoms with E-state index < -0.39 is 0 Å². The highest BCUT2D eigenvalue weighted by molar-refractivity contribution is 5.00. The highest BCUT2D eigenvalue weighted by atomic mass is 16.2. The van der Waals surface area contributed by atoms with Crippen LogP contribution in [0.3, 0.4) is 0 Å². The molecule has 2 heteroatoms. The van der Waals surface area contributed by atoms with E-state index in [4.69, 9.17) is 5.11 Å². The molecular formula is C9H17NO. The van der Waals surface area contributed by atoms with Crippen molar-refractivity contribution in [1.29, 1.82) is 0 Å². The van der Waals surface area contributed by atoms with Crippen molar-refractivity contribution in [3.05, 3.63) is 0 Å². The monoisotopic (exact) mass is 155 g/mol. The second-order valence-electron chi connectivity index (χ2n) is 2.38. The second kappa shape index (κ2) is 7.59. The number of nitrogens with zero attached hydrogens (tertiary/aromatic N) is 1. The number of hydrogen-bond donors (Lipinski definition) is 1. The van der Waals surface area contributed by atoms with Gasteiger partial charge in [-0.15, -0.1) is 0 Å². The Balaban J connectivity index is 3.51. The minimum Gasteiger partial charge on any atom is -0.384 e. The third kappa shape index (κ3) is 5.90. The van der Waals surface area contributed by atoms with Crippen LogP contribution in [0.4, 0.5) is 0 Å². The molecular weight excluding hydrogens is 138 g/mol. The summed E-state index contributed by atoms with van der Waals surface area (Å²) in [6.07, 6.45) is 1.16. The summed E-state index contributed by atoms with van der Waals surface area (Å²) in [6, 6.07) is 0. The van der Waals surface area contributed by atoms with Gasteiger partial charge in [-0.2, -0.15) is 0 Å². The first-order valence-corrected chi connectivity index (χ1v) is 4.14. The largest absolute Gasteiger partial charge is 0.384 e. The summed E-state index contributed by atoms with van der Waals surface area (Å²) in [6.45, 7) is 7.16. The summed E-state index contributed by atoms with van der Waals surface area (Å²) in [5.41, 5.74) is 0. The van der Waals surface area contributed by atoms with E-state index >= 15 is 0 Å². The average molecular weight is 155 g/mol. The molecule has 0 atom stereocenters. The van der Waals surface area contributed by atoms with Gasteiger partial charge in [0.05, 0.1) is 6.54 Å². The summed E-state index contributed by atoms with van der Waals surface area (Å²) >= 11 is 0. The SMILES string of the molecule is CCCN(CC)CC#CCO. The third-order valence-corrected chi connectivity index (χ3v) is 1.49. The molecule has 0 aromatic rings. The Hall–Kier alpha value is -0.520. The summed E-state index contributed by atoms with van der Waals surface area (Å²) in [5.74, 6) is 5.53. The number of rotatable bonds is 4. The van der Waals surface area contributed by atoms with Crippen molar-refractivity contribution in [2.75, 3.05) is 26.2 Å². The van der Waals surface area contributed by atoms with Gasteiger partial charge >= 0.3 is 0 Å². The van der Waals surface area contributed by atoms with E-state index in [0.29, 0.717) is 0 Å². The lowest BCUT2D eigenvalue weighted by Gasteiger charge is -2.15. The third-order valence-electron chi connectivity index (χ3n) is 1.49. The lowest BCUT2D eigenvalue weighted by atomic mass is 10.4. The van der Waals surface area contributed by atoms with Gasteiger partial charge in [0.1, 0.15) is 6.61 Å². The Kier molecular flexibility index (Phi) is 7.23. The molecule has 0 spiro atoms. The van der Waals surface area contributed by atoms with Gasteiger partial charge in [0.25, 0.3) is 0 Å². The Morgan fingerprint density at radius 3 is 2.45 bits per heavy atom. The number of aliphatic hydroxyl groups is 1. The summed E-state index contributed by atoms with van der Waals surface area (Å²) < 4.78 is 0. The molecule has 0 radical (unpaired) electrons. The molecule has 0 aliphatic rings. The Bertz CT molecular complexity index is 134. The van der Waals surface area contributed by atoms with Crippen LogP contribution in [0.15, 0.2) is 0 Å². The molecule has 0 aromatic carbocycles.